The van der Waals surface area contributed by atoms with Crippen molar-refractivity contribution in [1.82, 2.24) is 15.2 Å². The number of aryl methyl sites for hydroxylation is 1. The second-order valence-electron chi connectivity index (χ2n) is 5.37. The highest BCUT2D eigenvalue weighted by Gasteiger charge is 2.23. The smallest absolute Gasteiger partial charge is 0.228 e. The number of thiazole rings is 1. The van der Waals surface area contributed by atoms with Crippen LogP contribution in [0.5, 0.6) is 0 Å². The number of furan rings is 1. The van der Waals surface area contributed by atoms with E-state index in [1.807, 2.05) is 29.3 Å². The molecule has 8 heteroatoms. The predicted molar refractivity (Wildman–Crippen MR) is 96.8 cm³/mol. The van der Waals surface area contributed by atoms with Crippen LogP contribution in [0.1, 0.15) is 18.4 Å². The fourth-order valence-corrected chi connectivity index (χ4v) is 3.30. The molecule has 0 saturated carbocycles. The van der Waals surface area contributed by atoms with E-state index >= 15 is 0 Å². The molecule has 0 radical (unpaired) electrons. The topological polar surface area (TPSA) is 58.4 Å². The van der Waals surface area contributed by atoms with Gasteiger partial charge in [-0.05, 0) is 26.0 Å². The van der Waals surface area contributed by atoms with Crippen LogP contribution >= 0.6 is 36.2 Å². The van der Waals surface area contributed by atoms with Crippen molar-refractivity contribution in [2.24, 2.45) is 0 Å². The molecule has 3 rings (SSSR count). The van der Waals surface area contributed by atoms with E-state index in [4.69, 9.17) is 4.42 Å². The molecule has 2 aromatic rings. The second kappa shape index (κ2) is 8.68. The maximum absolute atomic E-state index is 12.4. The Balaban J connectivity index is 0.00000132. The maximum atomic E-state index is 12.4. The summed E-state index contributed by atoms with van der Waals surface area (Å²) in [6.45, 7) is 6.48. The summed E-state index contributed by atoms with van der Waals surface area (Å²) >= 11 is 1.52. The van der Waals surface area contributed by atoms with Gasteiger partial charge < -0.3 is 14.6 Å². The van der Waals surface area contributed by atoms with E-state index in [9.17, 15) is 4.79 Å². The first-order valence-electron chi connectivity index (χ1n) is 7.15. The number of rotatable bonds is 3. The molecule has 3 heterocycles. The summed E-state index contributed by atoms with van der Waals surface area (Å²) in [5.74, 6) is 1.79. The van der Waals surface area contributed by atoms with Gasteiger partial charge in [-0.25, -0.2) is 4.98 Å². The van der Waals surface area contributed by atoms with Gasteiger partial charge in [-0.3, -0.25) is 4.79 Å². The van der Waals surface area contributed by atoms with E-state index in [2.05, 4.69) is 17.2 Å². The molecule has 1 aliphatic rings. The molecule has 23 heavy (non-hydrogen) atoms. The number of amides is 1. The van der Waals surface area contributed by atoms with Gasteiger partial charge in [0, 0.05) is 31.1 Å². The van der Waals surface area contributed by atoms with Crippen molar-refractivity contribution < 1.29 is 9.21 Å². The highest BCUT2D eigenvalue weighted by atomic mass is 35.5. The second-order valence-corrected chi connectivity index (χ2v) is 6.23. The van der Waals surface area contributed by atoms with Gasteiger partial charge in [0.15, 0.2) is 10.8 Å². The zero-order valence-corrected chi connectivity index (χ0v) is 15.5. The third-order valence-electron chi connectivity index (χ3n) is 3.66. The molecule has 1 saturated heterocycles. The molecule has 5 nitrogen and oxygen atoms in total. The zero-order chi connectivity index (χ0) is 14.8. The zero-order valence-electron chi connectivity index (χ0n) is 13.1. The summed E-state index contributed by atoms with van der Waals surface area (Å²) in [7, 11) is 0. The predicted octanol–water partition coefficient (Wildman–Crippen LogP) is 2.92. The third kappa shape index (κ3) is 4.70. The lowest BCUT2D eigenvalue weighted by atomic mass is 10.2. The molecule has 2 aromatic heterocycles. The Bertz CT molecular complexity index is 644. The van der Waals surface area contributed by atoms with E-state index in [0.29, 0.717) is 6.42 Å². The number of carbonyl (C=O) groups is 1. The maximum Gasteiger partial charge on any atom is 0.228 e. The number of hydrogen-bond donors (Lipinski definition) is 1. The highest BCUT2D eigenvalue weighted by Crippen LogP contribution is 2.26. The number of aromatic nitrogens is 1. The molecular formula is C15H21Cl2N3O2S. The average Bonchev–Trinajstić information content (AvgIpc) is 3.08. The lowest BCUT2D eigenvalue weighted by Gasteiger charge is -2.33. The number of nitrogens with zero attached hydrogens (tertiary/aromatic N) is 2. The summed E-state index contributed by atoms with van der Waals surface area (Å²) in [6, 6.07) is 4.08. The minimum Gasteiger partial charge on any atom is -0.459 e. The van der Waals surface area contributed by atoms with E-state index in [-0.39, 0.29) is 36.8 Å². The third-order valence-corrected chi connectivity index (χ3v) is 4.56. The molecule has 1 aliphatic heterocycles. The van der Waals surface area contributed by atoms with Gasteiger partial charge in [-0.2, -0.15) is 0 Å². The number of carbonyl (C=O) groups excluding carboxylic acids is 1. The molecule has 0 bridgehead atoms. The Hall–Kier alpha value is -1.08. The minimum atomic E-state index is 0. The first kappa shape index (κ1) is 20.0. The molecular weight excluding hydrogens is 357 g/mol. The Morgan fingerprint density at radius 2 is 2.26 bits per heavy atom. The van der Waals surface area contributed by atoms with Gasteiger partial charge in [0.25, 0.3) is 0 Å². The number of hydrogen-bond acceptors (Lipinski definition) is 5. The van der Waals surface area contributed by atoms with Crippen molar-refractivity contribution >= 4 is 42.1 Å². The SMILES string of the molecule is Cc1ccc(-c2nc(CC(=O)N3CCNC[C@H]3C)cs2)o1.Cl.Cl. The minimum absolute atomic E-state index is 0. The van der Waals surface area contributed by atoms with Crippen molar-refractivity contribution in [2.75, 3.05) is 19.6 Å². The Labute approximate surface area is 152 Å². The van der Waals surface area contributed by atoms with Gasteiger partial charge in [0.05, 0.1) is 12.1 Å². The summed E-state index contributed by atoms with van der Waals surface area (Å²) in [5, 5.41) is 6.07. The largest absolute Gasteiger partial charge is 0.459 e. The summed E-state index contributed by atoms with van der Waals surface area (Å²) in [4.78, 5) is 18.8. The highest BCUT2D eigenvalue weighted by molar-refractivity contribution is 7.13. The molecule has 1 N–H and O–H groups in total. The van der Waals surface area contributed by atoms with E-state index < -0.39 is 0 Å². The summed E-state index contributed by atoms with van der Waals surface area (Å²) in [5.41, 5.74) is 0.819. The van der Waals surface area contributed by atoms with Crippen LogP contribution in [0.2, 0.25) is 0 Å². The molecule has 0 aliphatic carbocycles. The van der Waals surface area contributed by atoms with Crippen LogP contribution in [0.3, 0.4) is 0 Å². The van der Waals surface area contributed by atoms with Crippen molar-refractivity contribution in [3.8, 4) is 10.8 Å². The molecule has 1 amide bonds. The first-order chi connectivity index (χ1) is 10.1. The van der Waals surface area contributed by atoms with E-state index in [0.717, 1.165) is 41.9 Å². The van der Waals surface area contributed by atoms with Crippen LogP contribution in [0.4, 0.5) is 0 Å². The standard InChI is InChI=1S/C15H19N3O2S.2ClH/c1-10-8-16-5-6-18(10)14(19)7-12-9-21-15(17-12)13-4-3-11(2)20-13;;/h3-4,9-10,16H,5-8H2,1-2H3;2*1H/t10-;;/m1../s1. The molecule has 0 aromatic carbocycles. The monoisotopic (exact) mass is 377 g/mol. The number of halogens is 2. The van der Waals surface area contributed by atoms with Crippen LogP contribution < -0.4 is 5.32 Å². The summed E-state index contributed by atoms with van der Waals surface area (Å²) in [6.07, 6.45) is 0.362. The van der Waals surface area contributed by atoms with E-state index in [1.165, 1.54) is 11.3 Å². The molecule has 1 fully saturated rings. The van der Waals surface area contributed by atoms with Crippen LogP contribution in [-0.2, 0) is 11.2 Å². The quantitative estimate of drug-likeness (QED) is 0.892. The Morgan fingerprint density at radius 3 is 2.91 bits per heavy atom. The number of nitrogens with one attached hydrogen (secondary N) is 1. The van der Waals surface area contributed by atoms with Crippen LogP contribution in [0.15, 0.2) is 21.9 Å². The molecule has 0 spiro atoms. The van der Waals surface area contributed by atoms with Gasteiger partial charge in [0.2, 0.25) is 5.91 Å². The first-order valence-corrected chi connectivity index (χ1v) is 8.03. The van der Waals surface area contributed by atoms with Gasteiger partial charge >= 0.3 is 0 Å². The normalized spacial score (nSPS) is 17.3. The van der Waals surface area contributed by atoms with Crippen molar-refractivity contribution in [3.05, 3.63) is 29.0 Å². The van der Waals surface area contributed by atoms with Crippen molar-refractivity contribution in [1.29, 1.82) is 0 Å². The van der Waals surface area contributed by atoms with Crippen LogP contribution in [-0.4, -0.2) is 41.5 Å². The van der Waals surface area contributed by atoms with Gasteiger partial charge in [0.1, 0.15) is 5.76 Å². The van der Waals surface area contributed by atoms with Gasteiger partial charge in [-0.15, -0.1) is 36.2 Å². The van der Waals surface area contributed by atoms with Gasteiger partial charge in [-0.1, -0.05) is 0 Å². The van der Waals surface area contributed by atoms with Crippen LogP contribution in [0.25, 0.3) is 10.8 Å². The lowest BCUT2D eigenvalue weighted by molar-refractivity contribution is -0.133. The fraction of sp³-hybridized carbons (Fsp3) is 0.467. The average molecular weight is 378 g/mol. The van der Waals surface area contributed by atoms with Crippen LogP contribution in [0, 0.1) is 6.92 Å². The fourth-order valence-electron chi connectivity index (χ4n) is 2.52. The molecule has 128 valence electrons. The van der Waals surface area contributed by atoms with E-state index in [1.54, 1.807) is 0 Å². The Morgan fingerprint density at radius 1 is 1.48 bits per heavy atom. The lowest BCUT2D eigenvalue weighted by Crippen LogP contribution is -2.52. The van der Waals surface area contributed by atoms with Crippen molar-refractivity contribution in [3.63, 3.8) is 0 Å². The van der Waals surface area contributed by atoms with Crippen molar-refractivity contribution in [2.45, 2.75) is 26.3 Å². The molecule has 1 atom stereocenters. The number of piperazine rings is 1. The molecule has 0 unspecified atom stereocenters. The summed E-state index contributed by atoms with van der Waals surface area (Å²) < 4.78 is 5.57. The Kier molecular flexibility index (Phi) is 7.54.